The Kier molecular flexibility index (Phi) is 5.60. The van der Waals surface area contributed by atoms with Crippen molar-refractivity contribution in [2.45, 2.75) is 12.7 Å². The molecular formula is C27H19N7O3. The molecule has 1 aliphatic rings. The molecule has 0 aromatic carbocycles. The molecule has 5 aromatic rings. The summed E-state index contributed by atoms with van der Waals surface area (Å²) in [5, 5.41) is 13.9. The Morgan fingerprint density at radius 2 is 2.00 bits per heavy atom. The SMILES string of the molecule is C#Cc1ccc(OC2CN(c3ccc(-c4cc(OCc5ncco5)cn5ncc(C#N)c45)cn3)C2)cn1. The Balaban J connectivity index is 1.19. The van der Waals surface area contributed by atoms with E-state index in [1.807, 2.05) is 24.3 Å². The van der Waals surface area contributed by atoms with Crippen LogP contribution >= 0.6 is 0 Å². The lowest BCUT2D eigenvalue weighted by molar-refractivity contribution is 0.166. The molecule has 0 atom stereocenters. The second-order valence-electron chi connectivity index (χ2n) is 8.34. The van der Waals surface area contributed by atoms with Crippen LogP contribution in [0.5, 0.6) is 11.5 Å². The van der Waals surface area contributed by atoms with Crippen LogP contribution in [0.15, 0.2) is 72.0 Å². The van der Waals surface area contributed by atoms with E-state index in [4.69, 9.17) is 20.3 Å². The first kappa shape index (κ1) is 22.1. The number of hydrogen-bond acceptors (Lipinski definition) is 9. The zero-order valence-electron chi connectivity index (χ0n) is 19.5. The number of oxazole rings is 1. The molecule has 10 nitrogen and oxygen atoms in total. The highest BCUT2D eigenvalue weighted by molar-refractivity contribution is 5.85. The predicted octanol–water partition coefficient (Wildman–Crippen LogP) is 3.48. The van der Waals surface area contributed by atoms with E-state index in [-0.39, 0.29) is 12.7 Å². The minimum atomic E-state index is 0.0436. The third-order valence-corrected chi connectivity index (χ3v) is 5.97. The van der Waals surface area contributed by atoms with Gasteiger partial charge in [0.15, 0.2) is 6.61 Å². The number of aromatic nitrogens is 5. The molecule has 0 N–H and O–H groups in total. The predicted molar refractivity (Wildman–Crippen MR) is 133 cm³/mol. The molecule has 0 radical (unpaired) electrons. The number of anilines is 1. The summed E-state index contributed by atoms with van der Waals surface area (Å²) in [4.78, 5) is 15.0. The highest BCUT2D eigenvalue weighted by Crippen LogP contribution is 2.32. The van der Waals surface area contributed by atoms with E-state index in [0.29, 0.717) is 47.3 Å². The van der Waals surface area contributed by atoms with Crippen molar-refractivity contribution in [3.8, 4) is 41.0 Å². The summed E-state index contributed by atoms with van der Waals surface area (Å²) in [5.41, 5.74) is 3.34. The van der Waals surface area contributed by atoms with Gasteiger partial charge in [-0.25, -0.2) is 19.5 Å². The average molecular weight is 489 g/mol. The Labute approximate surface area is 211 Å². The Morgan fingerprint density at radius 1 is 1.08 bits per heavy atom. The highest BCUT2D eigenvalue weighted by Gasteiger charge is 2.29. The topological polar surface area (TPSA) is 115 Å². The van der Waals surface area contributed by atoms with E-state index in [1.165, 1.54) is 12.5 Å². The van der Waals surface area contributed by atoms with Crippen LogP contribution in [0.25, 0.3) is 16.6 Å². The fourth-order valence-electron chi connectivity index (χ4n) is 4.11. The minimum absolute atomic E-state index is 0.0436. The summed E-state index contributed by atoms with van der Waals surface area (Å²) in [7, 11) is 0. The molecular weight excluding hydrogens is 470 g/mol. The van der Waals surface area contributed by atoms with Crippen molar-refractivity contribution in [1.82, 2.24) is 24.6 Å². The summed E-state index contributed by atoms with van der Waals surface area (Å²) < 4.78 is 18.7. The fraction of sp³-hybridized carbons (Fsp3) is 0.148. The lowest BCUT2D eigenvalue weighted by Crippen LogP contribution is -2.54. The van der Waals surface area contributed by atoms with Crippen molar-refractivity contribution in [2.75, 3.05) is 18.0 Å². The number of terminal acetylenes is 1. The van der Waals surface area contributed by atoms with E-state index >= 15 is 0 Å². The maximum Gasteiger partial charge on any atom is 0.232 e. The number of rotatable bonds is 7. The quantitative estimate of drug-likeness (QED) is 0.317. The molecule has 6 heterocycles. The summed E-state index contributed by atoms with van der Waals surface area (Å²) in [6.07, 6.45) is 15.1. The van der Waals surface area contributed by atoms with Crippen LogP contribution in [0.2, 0.25) is 0 Å². The molecule has 5 aromatic heterocycles. The van der Waals surface area contributed by atoms with Gasteiger partial charge in [0.05, 0.1) is 49.0 Å². The van der Waals surface area contributed by atoms with Gasteiger partial charge in [-0.15, -0.1) is 6.42 Å². The van der Waals surface area contributed by atoms with Crippen molar-refractivity contribution < 1.29 is 13.9 Å². The second-order valence-corrected chi connectivity index (χ2v) is 8.34. The molecule has 1 fully saturated rings. The molecule has 0 saturated carbocycles. The number of hydrogen-bond donors (Lipinski definition) is 0. The Bertz CT molecular complexity index is 1620. The molecule has 0 spiro atoms. The first-order chi connectivity index (χ1) is 18.2. The molecule has 0 bridgehead atoms. The zero-order chi connectivity index (χ0) is 25.2. The summed E-state index contributed by atoms with van der Waals surface area (Å²) in [5.74, 6) is 5.04. The molecule has 0 aliphatic carbocycles. The lowest BCUT2D eigenvalue weighted by Gasteiger charge is -2.39. The van der Waals surface area contributed by atoms with Gasteiger partial charge in [-0.1, -0.05) is 5.92 Å². The van der Waals surface area contributed by atoms with Crippen molar-refractivity contribution in [3.63, 3.8) is 0 Å². The Hall–Kier alpha value is -5.35. The maximum absolute atomic E-state index is 9.60. The van der Waals surface area contributed by atoms with Crippen LogP contribution in [0, 0.1) is 23.7 Å². The number of nitriles is 1. The van der Waals surface area contributed by atoms with Gasteiger partial charge in [0.2, 0.25) is 5.89 Å². The van der Waals surface area contributed by atoms with Gasteiger partial charge >= 0.3 is 0 Å². The third-order valence-electron chi connectivity index (χ3n) is 5.97. The van der Waals surface area contributed by atoms with Crippen LogP contribution < -0.4 is 14.4 Å². The number of nitrogens with zero attached hydrogens (tertiary/aromatic N) is 7. The van der Waals surface area contributed by atoms with Crippen LogP contribution in [-0.2, 0) is 6.61 Å². The summed E-state index contributed by atoms with van der Waals surface area (Å²) in [6, 6.07) is 11.6. The van der Waals surface area contributed by atoms with Gasteiger partial charge in [-0.2, -0.15) is 10.4 Å². The van der Waals surface area contributed by atoms with Crippen LogP contribution in [0.3, 0.4) is 0 Å². The molecule has 10 heteroatoms. The van der Waals surface area contributed by atoms with Crippen molar-refractivity contribution in [2.24, 2.45) is 0 Å². The van der Waals surface area contributed by atoms with Crippen LogP contribution in [0.1, 0.15) is 17.1 Å². The van der Waals surface area contributed by atoms with Crippen molar-refractivity contribution >= 4 is 11.3 Å². The molecule has 0 amide bonds. The highest BCUT2D eigenvalue weighted by atomic mass is 16.5. The van der Waals surface area contributed by atoms with E-state index in [9.17, 15) is 5.26 Å². The molecule has 1 saturated heterocycles. The lowest BCUT2D eigenvalue weighted by atomic mass is 10.0. The largest absolute Gasteiger partial charge is 0.485 e. The van der Waals surface area contributed by atoms with E-state index in [2.05, 4.69) is 36.9 Å². The van der Waals surface area contributed by atoms with Crippen LogP contribution in [0.4, 0.5) is 5.82 Å². The number of ether oxygens (including phenoxy) is 2. The van der Waals surface area contributed by atoms with Crippen molar-refractivity contribution in [1.29, 1.82) is 5.26 Å². The van der Waals surface area contributed by atoms with Gasteiger partial charge in [-0.3, -0.25) is 0 Å². The van der Waals surface area contributed by atoms with Gasteiger partial charge in [0, 0.05) is 17.3 Å². The molecule has 0 unspecified atom stereocenters. The standard InChI is InChI=1S/C27H19N7O3/c1-2-20-4-5-21(13-30-20)37-23-14-33(15-23)25-6-3-18(11-31-25)24-9-22(36-17-26-29-7-8-35-26)16-34-27(24)19(10-28)12-32-34/h1,3-9,11-13,16,23H,14-15,17H2. The van der Waals surface area contributed by atoms with E-state index < -0.39 is 0 Å². The van der Waals surface area contributed by atoms with Gasteiger partial charge in [0.25, 0.3) is 0 Å². The zero-order valence-corrected chi connectivity index (χ0v) is 19.5. The van der Waals surface area contributed by atoms with Gasteiger partial charge in [-0.05, 0) is 30.3 Å². The normalized spacial score (nSPS) is 13.1. The maximum atomic E-state index is 9.60. The summed E-state index contributed by atoms with van der Waals surface area (Å²) in [6.45, 7) is 1.58. The average Bonchev–Trinajstić information content (AvgIpc) is 3.59. The van der Waals surface area contributed by atoms with Gasteiger partial charge in [0.1, 0.15) is 41.4 Å². The van der Waals surface area contributed by atoms with Crippen molar-refractivity contribution in [3.05, 3.63) is 84.7 Å². The second kappa shape index (κ2) is 9.36. The van der Waals surface area contributed by atoms with E-state index in [1.54, 1.807) is 35.4 Å². The van der Waals surface area contributed by atoms with Gasteiger partial charge < -0.3 is 18.8 Å². The molecule has 1 aliphatic heterocycles. The van der Waals surface area contributed by atoms with Crippen LogP contribution in [-0.4, -0.2) is 43.8 Å². The first-order valence-corrected chi connectivity index (χ1v) is 11.4. The smallest absolute Gasteiger partial charge is 0.232 e. The number of fused-ring (bicyclic) bond motifs is 1. The third kappa shape index (κ3) is 4.40. The summed E-state index contributed by atoms with van der Waals surface area (Å²) >= 11 is 0. The Morgan fingerprint density at radius 3 is 2.70 bits per heavy atom. The molecule has 6 rings (SSSR count). The number of pyridine rings is 3. The monoisotopic (exact) mass is 489 g/mol. The molecule has 180 valence electrons. The van der Waals surface area contributed by atoms with E-state index in [0.717, 1.165) is 16.9 Å². The molecule has 37 heavy (non-hydrogen) atoms. The minimum Gasteiger partial charge on any atom is -0.485 e. The first-order valence-electron chi connectivity index (χ1n) is 11.4. The fourth-order valence-corrected chi connectivity index (χ4v) is 4.11.